The molecule has 1 aromatic carbocycles. The number of hydrogen-bond acceptors (Lipinski definition) is 9. The van der Waals surface area contributed by atoms with E-state index in [0.29, 0.717) is 12.0 Å². The van der Waals surface area contributed by atoms with Crippen molar-refractivity contribution in [3.63, 3.8) is 0 Å². The van der Waals surface area contributed by atoms with Crippen LogP contribution in [0.2, 0.25) is 0 Å². The van der Waals surface area contributed by atoms with Gasteiger partial charge in [0, 0.05) is 17.9 Å². The summed E-state index contributed by atoms with van der Waals surface area (Å²) >= 11 is 0. The fraction of sp³-hybridized carbons (Fsp3) is 0.391. The van der Waals surface area contributed by atoms with E-state index in [1.54, 1.807) is 19.1 Å². The van der Waals surface area contributed by atoms with Crippen LogP contribution < -0.4 is 5.73 Å². The van der Waals surface area contributed by atoms with E-state index in [4.69, 9.17) is 15.2 Å². The number of rotatable bonds is 5. The summed E-state index contributed by atoms with van der Waals surface area (Å²) in [5.41, 5.74) is 2.53. The number of amides is 1. The SMILES string of the molecule is CCOC(=O)COC1=C(C(N)=O)C(=O)[C@@]2(O)C(O)=C3C(=O)c4c(O)cccc4C[C@H]3C[C@H]2C1. The number of aliphatic hydroxyl groups is 2. The van der Waals surface area contributed by atoms with Gasteiger partial charge in [-0.05, 0) is 37.3 Å². The molecule has 10 nitrogen and oxygen atoms in total. The summed E-state index contributed by atoms with van der Waals surface area (Å²) in [6.07, 6.45) is 0.233. The molecule has 1 amide bonds. The highest BCUT2D eigenvalue weighted by molar-refractivity contribution is 6.24. The molecule has 0 fully saturated rings. The van der Waals surface area contributed by atoms with Crippen LogP contribution in [-0.4, -0.2) is 57.6 Å². The van der Waals surface area contributed by atoms with E-state index in [0.717, 1.165) is 0 Å². The number of phenols is 1. The Bertz CT molecular complexity index is 1150. The zero-order valence-corrected chi connectivity index (χ0v) is 17.8. The van der Waals surface area contributed by atoms with Gasteiger partial charge in [0.15, 0.2) is 18.0 Å². The number of fused-ring (bicyclic) bond motifs is 3. The lowest BCUT2D eigenvalue weighted by Crippen LogP contribution is -2.57. The Labute approximate surface area is 188 Å². The first-order chi connectivity index (χ1) is 15.6. The van der Waals surface area contributed by atoms with Crippen LogP contribution in [-0.2, 0) is 30.3 Å². The Morgan fingerprint density at radius 3 is 2.61 bits per heavy atom. The van der Waals surface area contributed by atoms with Gasteiger partial charge in [0.2, 0.25) is 5.78 Å². The van der Waals surface area contributed by atoms with Crippen molar-refractivity contribution in [1.29, 1.82) is 0 Å². The number of Topliss-reactive ketones (excluding diaryl/α,β-unsaturated/α-hetero) is 2. The molecule has 0 radical (unpaired) electrons. The number of ether oxygens (including phenoxy) is 2. The molecule has 0 spiro atoms. The van der Waals surface area contributed by atoms with Crippen LogP contribution in [0.3, 0.4) is 0 Å². The van der Waals surface area contributed by atoms with Crippen LogP contribution in [0.1, 0.15) is 35.7 Å². The summed E-state index contributed by atoms with van der Waals surface area (Å²) in [5.74, 6) is -6.59. The smallest absolute Gasteiger partial charge is 0.344 e. The van der Waals surface area contributed by atoms with E-state index in [9.17, 15) is 34.5 Å². The molecule has 4 rings (SSSR count). The highest BCUT2D eigenvalue weighted by atomic mass is 16.6. The van der Waals surface area contributed by atoms with Crippen molar-refractivity contribution in [1.82, 2.24) is 0 Å². The Hall–Kier alpha value is -3.66. The van der Waals surface area contributed by atoms with E-state index in [1.807, 2.05) is 0 Å². The average Bonchev–Trinajstić information content (AvgIpc) is 2.74. The number of primary amides is 1. The molecule has 0 aliphatic heterocycles. The molecular formula is C23H23NO9. The number of aromatic hydroxyl groups is 1. The fourth-order valence-corrected chi connectivity index (χ4v) is 5.02. The first-order valence-electron chi connectivity index (χ1n) is 10.5. The number of hydrogen-bond donors (Lipinski definition) is 4. The van der Waals surface area contributed by atoms with E-state index in [1.165, 1.54) is 6.07 Å². The third kappa shape index (κ3) is 3.37. The van der Waals surface area contributed by atoms with Gasteiger partial charge in [-0.25, -0.2) is 4.79 Å². The summed E-state index contributed by atoms with van der Waals surface area (Å²) in [6.45, 7) is 1.15. The molecule has 0 heterocycles. The number of allylic oxidation sites excluding steroid dienone is 2. The van der Waals surface area contributed by atoms with E-state index < -0.39 is 58.8 Å². The number of esters is 1. The van der Waals surface area contributed by atoms with Gasteiger partial charge in [0.05, 0.1) is 12.2 Å². The first-order valence-corrected chi connectivity index (χ1v) is 10.5. The van der Waals surface area contributed by atoms with Crippen molar-refractivity contribution >= 4 is 23.4 Å². The molecule has 10 heteroatoms. The molecule has 33 heavy (non-hydrogen) atoms. The highest BCUT2D eigenvalue weighted by Gasteiger charge is 2.59. The van der Waals surface area contributed by atoms with Gasteiger partial charge < -0.3 is 30.5 Å². The van der Waals surface area contributed by atoms with Gasteiger partial charge in [-0.1, -0.05) is 12.1 Å². The second-order valence-electron chi connectivity index (χ2n) is 8.29. The lowest BCUT2D eigenvalue weighted by atomic mass is 9.60. The van der Waals surface area contributed by atoms with E-state index in [-0.39, 0.29) is 42.1 Å². The number of carbonyl (C=O) groups is 4. The van der Waals surface area contributed by atoms with Crippen molar-refractivity contribution in [3.8, 4) is 5.75 Å². The molecule has 0 saturated carbocycles. The molecule has 0 unspecified atom stereocenters. The van der Waals surface area contributed by atoms with Crippen molar-refractivity contribution in [3.05, 3.63) is 52.0 Å². The molecule has 174 valence electrons. The van der Waals surface area contributed by atoms with Crippen molar-refractivity contribution in [2.75, 3.05) is 13.2 Å². The number of nitrogens with two attached hydrogens (primary N) is 1. The summed E-state index contributed by atoms with van der Waals surface area (Å²) in [7, 11) is 0. The zero-order chi connectivity index (χ0) is 24.1. The van der Waals surface area contributed by atoms with E-state index >= 15 is 0 Å². The molecule has 0 bridgehead atoms. The predicted octanol–water partition coefficient (Wildman–Crippen LogP) is 0.602. The minimum Gasteiger partial charge on any atom is -0.508 e. The number of carbonyl (C=O) groups excluding carboxylic acids is 4. The quantitative estimate of drug-likeness (QED) is 0.365. The second kappa shape index (κ2) is 8.04. The van der Waals surface area contributed by atoms with Gasteiger partial charge in [-0.15, -0.1) is 0 Å². The molecule has 1 aromatic rings. The van der Waals surface area contributed by atoms with Crippen LogP contribution >= 0.6 is 0 Å². The van der Waals surface area contributed by atoms with Gasteiger partial charge in [0.1, 0.15) is 22.8 Å². The third-order valence-electron chi connectivity index (χ3n) is 6.45. The molecule has 3 atom stereocenters. The molecule has 3 aliphatic carbocycles. The summed E-state index contributed by atoms with van der Waals surface area (Å²) in [5, 5.41) is 32.5. The van der Waals surface area contributed by atoms with Crippen LogP contribution in [0.15, 0.2) is 40.9 Å². The third-order valence-corrected chi connectivity index (χ3v) is 6.45. The Balaban J connectivity index is 1.77. The zero-order valence-electron chi connectivity index (χ0n) is 17.8. The monoisotopic (exact) mass is 457 g/mol. The summed E-state index contributed by atoms with van der Waals surface area (Å²) in [4.78, 5) is 50.1. The topological polar surface area (TPSA) is 173 Å². The van der Waals surface area contributed by atoms with Crippen LogP contribution in [0.4, 0.5) is 0 Å². The standard InChI is InChI=1S/C23H23NO9/c1-2-32-15(26)9-33-14-8-12-7-11-6-10-4-3-5-13(25)16(10)19(27)17(11)20(28)23(12,31)21(29)18(14)22(24)30/h3-5,11-12,25,28,31H,2,6-9H2,1H3,(H2,24,30)/t11-,12-,23-/m0/s1. The molecule has 0 saturated heterocycles. The molecular weight excluding hydrogens is 434 g/mol. The largest absolute Gasteiger partial charge is 0.508 e. The maximum absolute atomic E-state index is 13.2. The lowest BCUT2D eigenvalue weighted by Gasteiger charge is -2.46. The number of phenolic OH excluding ortho intramolecular Hbond substituents is 1. The Morgan fingerprint density at radius 1 is 1.21 bits per heavy atom. The number of ketones is 2. The first kappa shape index (κ1) is 22.5. The van der Waals surface area contributed by atoms with Crippen LogP contribution in [0.5, 0.6) is 5.75 Å². The molecule has 0 aromatic heterocycles. The molecule has 3 aliphatic rings. The fourth-order valence-electron chi connectivity index (χ4n) is 5.02. The van der Waals surface area contributed by atoms with Crippen molar-refractivity contribution < 1.29 is 44.0 Å². The maximum atomic E-state index is 13.2. The Morgan fingerprint density at radius 2 is 1.94 bits per heavy atom. The van der Waals surface area contributed by atoms with Gasteiger partial charge in [-0.3, -0.25) is 14.4 Å². The predicted molar refractivity (Wildman–Crippen MR) is 111 cm³/mol. The average molecular weight is 457 g/mol. The minimum absolute atomic E-state index is 0.00438. The summed E-state index contributed by atoms with van der Waals surface area (Å²) < 4.78 is 10.2. The van der Waals surface area contributed by atoms with Crippen molar-refractivity contribution in [2.24, 2.45) is 17.6 Å². The van der Waals surface area contributed by atoms with E-state index in [2.05, 4.69) is 0 Å². The lowest BCUT2D eigenvalue weighted by molar-refractivity contribution is -0.150. The van der Waals surface area contributed by atoms with Crippen LogP contribution in [0, 0.1) is 11.8 Å². The minimum atomic E-state index is -2.56. The van der Waals surface area contributed by atoms with Gasteiger partial charge >= 0.3 is 5.97 Å². The summed E-state index contributed by atoms with van der Waals surface area (Å²) in [6, 6.07) is 4.62. The Kier molecular flexibility index (Phi) is 5.49. The van der Waals surface area contributed by atoms with Gasteiger partial charge in [-0.2, -0.15) is 0 Å². The van der Waals surface area contributed by atoms with Crippen LogP contribution in [0.25, 0.3) is 0 Å². The highest BCUT2D eigenvalue weighted by Crippen LogP contribution is 2.51. The van der Waals surface area contributed by atoms with Gasteiger partial charge in [0.25, 0.3) is 5.91 Å². The number of benzene rings is 1. The normalized spacial score (nSPS) is 26.4. The van der Waals surface area contributed by atoms with Crippen molar-refractivity contribution in [2.45, 2.75) is 31.8 Å². The number of aliphatic hydroxyl groups excluding tert-OH is 1. The second-order valence-corrected chi connectivity index (χ2v) is 8.29. The molecule has 5 N–H and O–H groups in total. The maximum Gasteiger partial charge on any atom is 0.344 e.